The standard InChI is InChI=1S/C26H27N5O5S/c1-15-4-3-5-16(2)22(15)28-21(32)12-17-8-10-31(11-9-17)26(34)25-30-29-24(37-25)23(33)27-18-6-7-19-20(13-18)36-14-35-19/h3-7,13,17H,8-12,14H2,1-2H3,(H,27,33)(H,28,32). The van der Waals surface area contributed by atoms with Gasteiger partial charge in [-0.1, -0.05) is 29.5 Å². The molecule has 3 heterocycles. The number of amides is 3. The average Bonchev–Trinajstić information content (AvgIpc) is 3.56. The first-order valence-corrected chi connectivity index (χ1v) is 12.9. The molecule has 3 amide bonds. The molecule has 0 saturated carbocycles. The molecule has 1 aromatic heterocycles. The van der Waals surface area contributed by atoms with E-state index in [2.05, 4.69) is 20.8 Å². The summed E-state index contributed by atoms with van der Waals surface area (Å²) in [6.45, 7) is 5.16. The minimum absolute atomic E-state index is 0.00980. The number of ether oxygens (including phenoxy) is 2. The van der Waals surface area contributed by atoms with Crippen molar-refractivity contribution in [2.75, 3.05) is 30.5 Å². The first kappa shape index (κ1) is 24.7. The summed E-state index contributed by atoms with van der Waals surface area (Å²) < 4.78 is 10.6. The lowest BCUT2D eigenvalue weighted by Crippen LogP contribution is -2.39. The van der Waals surface area contributed by atoms with Gasteiger partial charge in [-0.3, -0.25) is 14.4 Å². The number of hydrogen-bond donors (Lipinski definition) is 2. The van der Waals surface area contributed by atoms with Gasteiger partial charge in [0.15, 0.2) is 11.5 Å². The lowest BCUT2D eigenvalue weighted by Gasteiger charge is -2.31. The number of likely N-dealkylation sites (tertiary alicyclic amines) is 1. The number of para-hydroxylation sites is 1. The third kappa shape index (κ3) is 5.56. The average molecular weight is 522 g/mol. The summed E-state index contributed by atoms with van der Waals surface area (Å²) in [6.07, 6.45) is 1.86. The molecule has 2 aliphatic heterocycles. The van der Waals surface area contributed by atoms with Crippen LogP contribution in [0, 0.1) is 19.8 Å². The number of aryl methyl sites for hydroxylation is 2. The number of carbonyl (C=O) groups excluding carboxylic acids is 3. The largest absolute Gasteiger partial charge is 0.454 e. The summed E-state index contributed by atoms with van der Waals surface area (Å²) in [4.78, 5) is 39.9. The van der Waals surface area contributed by atoms with Crippen LogP contribution in [0.15, 0.2) is 36.4 Å². The van der Waals surface area contributed by atoms with E-state index >= 15 is 0 Å². The zero-order chi connectivity index (χ0) is 25.9. The molecule has 11 heteroatoms. The first-order valence-electron chi connectivity index (χ1n) is 12.1. The number of rotatable bonds is 6. The smallest absolute Gasteiger partial charge is 0.286 e. The van der Waals surface area contributed by atoms with Crippen molar-refractivity contribution in [3.05, 3.63) is 57.5 Å². The van der Waals surface area contributed by atoms with Gasteiger partial charge in [-0.25, -0.2) is 0 Å². The molecule has 10 nitrogen and oxygen atoms in total. The van der Waals surface area contributed by atoms with Crippen LogP contribution in [0.1, 0.15) is 50.0 Å². The van der Waals surface area contributed by atoms with Crippen molar-refractivity contribution in [1.29, 1.82) is 0 Å². The normalized spacial score (nSPS) is 14.9. The van der Waals surface area contributed by atoms with Crippen molar-refractivity contribution in [3.8, 4) is 11.5 Å². The zero-order valence-corrected chi connectivity index (χ0v) is 21.4. The molecule has 2 aromatic carbocycles. The summed E-state index contributed by atoms with van der Waals surface area (Å²) in [5, 5.41) is 13.9. The van der Waals surface area contributed by atoms with Gasteiger partial charge in [0.1, 0.15) is 0 Å². The number of anilines is 2. The summed E-state index contributed by atoms with van der Waals surface area (Å²) >= 11 is 0.957. The van der Waals surface area contributed by atoms with E-state index in [1.54, 1.807) is 23.1 Å². The molecule has 3 aromatic rings. The van der Waals surface area contributed by atoms with Crippen molar-refractivity contribution >= 4 is 40.4 Å². The third-order valence-corrected chi connectivity index (χ3v) is 7.46. The van der Waals surface area contributed by atoms with Crippen LogP contribution < -0.4 is 20.1 Å². The van der Waals surface area contributed by atoms with E-state index in [0.717, 1.165) is 41.0 Å². The second-order valence-electron chi connectivity index (χ2n) is 9.19. The van der Waals surface area contributed by atoms with Crippen LogP contribution in [0.3, 0.4) is 0 Å². The topological polar surface area (TPSA) is 123 Å². The van der Waals surface area contributed by atoms with Crippen molar-refractivity contribution in [2.45, 2.75) is 33.1 Å². The Labute approximate surface area is 218 Å². The Bertz CT molecular complexity index is 1330. The molecule has 192 valence electrons. The van der Waals surface area contributed by atoms with Crippen molar-refractivity contribution < 1.29 is 23.9 Å². The van der Waals surface area contributed by atoms with E-state index < -0.39 is 5.91 Å². The molecule has 2 N–H and O–H groups in total. The molecule has 5 rings (SSSR count). The van der Waals surface area contributed by atoms with Gasteiger partial charge in [-0.2, -0.15) is 0 Å². The Hall–Kier alpha value is -3.99. The van der Waals surface area contributed by atoms with Gasteiger partial charge in [0.25, 0.3) is 11.8 Å². The lowest BCUT2D eigenvalue weighted by atomic mass is 9.93. The van der Waals surface area contributed by atoms with Crippen LogP contribution in [0.5, 0.6) is 11.5 Å². The number of fused-ring (bicyclic) bond motifs is 1. The number of nitrogens with zero attached hydrogens (tertiary/aromatic N) is 3. The highest BCUT2D eigenvalue weighted by Crippen LogP contribution is 2.34. The van der Waals surface area contributed by atoms with E-state index in [0.29, 0.717) is 36.7 Å². The van der Waals surface area contributed by atoms with Gasteiger partial charge in [0.05, 0.1) is 0 Å². The fourth-order valence-electron chi connectivity index (χ4n) is 4.50. The minimum Gasteiger partial charge on any atom is -0.454 e. The molecule has 2 aliphatic rings. The fraction of sp³-hybridized carbons (Fsp3) is 0.346. The first-order chi connectivity index (χ1) is 17.9. The number of carbonyl (C=O) groups is 3. The molecule has 0 spiro atoms. The molecule has 1 saturated heterocycles. The maximum absolute atomic E-state index is 13.0. The maximum Gasteiger partial charge on any atom is 0.286 e. The molecule has 0 unspecified atom stereocenters. The van der Waals surface area contributed by atoms with Crippen molar-refractivity contribution in [1.82, 2.24) is 15.1 Å². The number of aromatic nitrogens is 2. The molecule has 0 bridgehead atoms. The van der Waals surface area contributed by atoms with Crippen LogP contribution in [0.25, 0.3) is 0 Å². The summed E-state index contributed by atoms with van der Waals surface area (Å²) in [5.74, 6) is 0.655. The Kier molecular flexibility index (Phi) is 7.04. The van der Waals surface area contributed by atoms with Crippen LogP contribution in [0.4, 0.5) is 11.4 Å². The maximum atomic E-state index is 13.0. The minimum atomic E-state index is -0.455. The fourth-order valence-corrected chi connectivity index (χ4v) is 5.21. The summed E-state index contributed by atoms with van der Waals surface area (Å²) in [7, 11) is 0. The van der Waals surface area contributed by atoms with Crippen LogP contribution in [-0.2, 0) is 4.79 Å². The summed E-state index contributed by atoms with van der Waals surface area (Å²) in [6, 6.07) is 11.0. The van der Waals surface area contributed by atoms with Gasteiger partial charge in [-0.05, 0) is 55.9 Å². The number of hydrogen-bond acceptors (Lipinski definition) is 8. The van der Waals surface area contributed by atoms with Crippen molar-refractivity contribution in [3.63, 3.8) is 0 Å². The predicted octanol–water partition coefficient (Wildman–Crippen LogP) is 4.02. The Morgan fingerprint density at radius 1 is 0.973 bits per heavy atom. The highest BCUT2D eigenvalue weighted by atomic mass is 32.1. The van der Waals surface area contributed by atoms with E-state index in [9.17, 15) is 14.4 Å². The number of benzene rings is 2. The zero-order valence-electron chi connectivity index (χ0n) is 20.6. The van der Waals surface area contributed by atoms with Crippen LogP contribution in [-0.4, -0.2) is 52.7 Å². The molecular weight excluding hydrogens is 494 g/mol. The Morgan fingerprint density at radius 3 is 2.43 bits per heavy atom. The van der Waals surface area contributed by atoms with E-state index in [-0.39, 0.29) is 34.5 Å². The number of piperidine rings is 1. The predicted molar refractivity (Wildman–Crippen MR) is 138 cm³/mol. The van der Waals surface area contributed by atoms with Gasteiger partial charge < -0.3 is 25.0 Å². The Morgan fingerprint density at radius 2 is 1.68 bits per heavy atom. The van der Waals surface area contributed by atoms with E-state index in [1.165, 1.54) is 0 Å². The van der Waals surface area contributed by atoms with Crippen LogP contribution >= 0.6 is 11.3 Å². The molecule has 0 radical (unpaired) electrons. The second kappa shape index (κ2) is 10.6. The quantitative estimate of drug-likeness (QED) is 0.502. The molecule has 0 aliphatic carbocycles. The van der Waals surface area contributed by atoms with E-state index in [4.69, 9.17) is 9.47 Å². The van der Waals surface area contributed by atoms with Crippen molar-refractivity contribution in [2.24, 2.45) is 5.92 Å². The molecular formula is C26H27N5O5S. The SMILES string of the molecule is Cc1cccc(C)c1NC(=O)CC1CCN(C(=O)c2nnc(C(=O)Nc3ccc4c(c3)OCO4)s2)CC1. The molecule has 37 heavy (non-hydrogen) atoms. The van der Waals surface area contributed by atoms with E-state index in [1.807, 2.05) is 32.0 Å². The highest BCUT2D eigenvalue weighted by molar-refractivity contribution is 7.15. The second-order valence-corrected chi connectivity index (χ2v) is 10.2. The van der Waals surface area contributed by atoms with Gasteiger partial charge >= 0.3 is 0 Å². The van der Waals surface area contributed by atoms with Crippen LogP contribution in [0.2, 0.25) is 0 Å². The number of nitrogens with one attached hydrogen (secondary N) is 2. The third-order valence-electron chi connectivity index (χ3n) is 6.55. The monoisotopic (exact) mass is 521 g/mol. The Balaban J connectivity index is 1.12. The van der Waals surface area contributed by atoms with Gasteiger partial charge in [-0.15, -0.1) is 10.2 Å². The molecule has 1 fully saturated rings. The molecule has 0 atom stereocenters. The summed E-state index contributed by atoms with van der Waals surface area (Å²) in [5.41, 5.74) is 3.47. The van der Waals surface area contributed by atoms with Gasteiger partial charge in [0.2, 0.25) is 22.7 Å². The lowest BCUT2D eigenvalue weighted by molar-refractivity contribution is -0.117. The highest BCUT2D eigenvalue weighted by Gasteiger charge is 2.28. The van der Waals surface area contributed by atoms with Gasteiger partial charge in [0, 0.05) is 37.0 Å².